The molecule has 2 heterocycles. The van der Waals surface area contributed by atoms with Crippen molar-refractivity contribution in [3.8, 4) is 0 Å². The lowest BCUT2D eigenvalue weighted by atomic mass is 10.0. The summed E-state index contributed by atoms with van der Waals surface area (Å²) in [5.74, 6) is -2.80. The Morgan fingerprint density at radius 1 is 1.24 bits per heavy atom. The normalized spacial score (nSPS) is 17.7. The molecule has 6 N–H and O–H groups in total. The molecule has 10 heteroatoms. The zero-order chi connectivity index (χ0) is 24.1. The van der Waals surface area contributed by atoms with E-state index in [2.05, 4.69) is 15.6 Å². The minimum atomic E-state index is -1.14. The highest BCUT2D eigenvalue weighted by Crippen LogP contribution is 2.22. The zero-order valence-electron chi connectivity index (χ0n) is 18.8. The molecule has 0 radical (unpaired) electrons. The van der Waals surface area contributed by atoms with Crippen molar-refractivity contribution in [3.05, 3.63) is 36.0 Å². The quantitative estimate of drug-likeness (QED) is 0.366. The summed E-state index contributed by atoms with van der Waals surface area (Å²) in [6.07, 6.45) is 3.31. The fourth-order valence-corrected chi connectivity index (χ4v) is 4.16. The standard InChI is InChI=1S/C23H31N5O5/c1-13(2)20(23(32)33)27-19(29)12-26-21(30)18-8-5-9-28(18)22(31)16(24)10-14-11-25-17-7-4-3-6-15(14)17/h3-4,6-7,11,13,16,18,20,25H,5,8-10,12,24H2,1-2H3,(H,26,30)(H,27,29)(H,32,33). The number of likely N-dealkylation sites (tertiary alicyclic amines) is 1. The summed E-state index contributed by atoms with van der Waals surface area (Å²) in [5, 5.41) is 15.1. The molecule has 3 amide bonds. The summed E-state index contributed by atoms with van der Waals surface area (Å²) in [4.78, 5) is 53.7. The summed E-state index contributed by atoms with van der Waals surface area (Å²) in [6, 6.07) is 5.20. The number of carboxylic acids is 1. The Balaban J connectivity index is 1.56. The number of fused-ring (bicyclic) bond motifs is 1. The van der Waals surface area contributed by atoms with Crippen molar-refractivity contribution in [1.82, 2.24) is 20.5 Å². The van der Waals surface area contributed by atoms with E-state index in [1.165, 1.54) is 4.90 Å². The number of aromatic nitrogens is 1. The van der Waals surface area contributed by atoms with Crippen molar-refractivity contribution in [3.63, 3.8) is 0 Å². The average molecular weight is 458 g/mol. The van der Waals surface area contributed by atoms with Crippen LogP contribution >= 0.6 is 0 Å². The third kappa shape index (κ3) is 5.70. The van der Waals surface area contributed by atoms with E-state index in [1.54, 1.807) is 13.8 Å². The van der Waals surface area contributed by atoms with E-state index in [9.17, 15) is 24.3 Å². The summed E-state index contributed by atoms with van der Waals surface area (Å²) >= 11 is 0. The fraction of sp³-hybridized carbons (Fsp3) is 0.478. The maximum atomic E-state index is 13.0. The molecule has 1 aromatic carbocycles. The van der Waals surface area contributed by atoms with Crippen LogP contribution in [0.3, 0.4) is 0 Å². The SMILES string of the molecule is CC(C)C(NC(=O)CNC(=O)C1CCCN1C(=O)C(N)Cc1c[nH]c2ccccc12)C(=O)O. The van der Waals surface area contributed by atoms with Crippen LogP contribution in [-0.4, -0.2) is 69.9 Å². The molecule has 2 aromatic rings. The number of hydrogen-bond donors (Lipinski definition) is 5. The van der Waals surface area contributed by atoms with Crippen molar-refractivity contribution >= 4 is 34.6 Å². The number of benzene rings is 1. The number of carbonyl (C=O) groups is 4. The van der Waals surface area contributed by atoms with Crippen molar-refractivity contribution in [2.24, 2.45) is 11.7 Å². The van der Waals surface area contributed by atoms with Crippen LogP contribution in [0.2, 0.25) is 0 Å². The molecule has 3 rings (SSSR count). The number of para-hydroxylation sites is 1. The van der Waals surface area contributed by atoms with Gasteiger partial charge in [-0.25, -0.2) is 4.79 Å². The number of nitrogens with one attached hydrogen (secondary N) is 3. The van der Waals surface area contributed by atoms with E-state index < -0.39 is 35.9 Å². The molecule has 1 saturated heterocycles. The van der Waals surface area contributed by atoms with E-state index in [4.69, 9.17) is 5.73 Å². The van der Waals surface area contributed by atoms with Crippen LogP contribution in [-0.2, 0) is 25.6 Å². The van der Waals surface area contributed by atoms with Gasteiger partial charge in [-0.3, -0.25) is 14.4 Å². The second-order valence-corrected chi connectivity index (χ2v) is 8.71. The molecule has 1 fully saturated rings. The van der Waals surface area contributed by atoms with E-state index in [1.807, 2.05) is 30.5 Å². The lowest BCUT2D eigenvalue weighted by Crippen LogP contribution is -2.53. The molecular formula is C23H31N5O5. The van der Waals surface area contributed by atoms with Crippen LogP contribution in [0.25, 0.3) is 10.9 Å². The maximum Gasteiger partial charge on any atom is 0.326 e. The minimum absolute atomic E-state index is 0.302. The summed E-state index contributed by atoms with van der Waals surface area (Å²) in [5.41, 5.74) is 8.11. The zero-order valence-corrected chi connectivity index (χ0v) is 18.8. The second kappa shape index (κ2) is 10.5. The monoisotopic (exact) mass is 457 g/mol. The van der Waals surface area contributed by atoms with Gasteiger partial charge in [-0.05, 0) is 36.8 Å². The number of rotatable bonds is 9. The molecule has 0 saturated carbocycles. The third-order valence-corrected chi connectivity index (χ3v) is 5.94. The number of H-pyrrole nitrogens is 1. The minimum Gasteiger partial charge on any atom is -0.480 e. The predicted octanol–water partition coefficient (Wildman–Crippen LogP) is 0.370. The molecule has 1 aliphatic rings. The molecule has 3 atom stereocenters. The smallest absolute Gasteiger partial charge is 0.326 e. The molecule has 178 valence electrons. The number of nitrogens with zero attached hydrogens (tertiary/aromatic N) is 1. The van der Waals surface area contributed by atoms with Gasteiger partial charge in [0.25, 0.3) is 0 Å². The summed E-state index contributed by atoms with van der Waals surface area (Å²) in [7, 11) is 0. The molecule has 1 aliphatic heterocycles. The topological polar surface area (TPSA) is 158 Å². The average Bonchev–Trinajstić information content (AvgIpc) is 3.42. The van der Waals surface area contributed by atoms with Gasteiger partial charge in [0.1, 0.15) is 12.1 Å². The van der Waals surface area contributed by atoms with Gasteiger partial charge >= 0.3 is 5.97 Å². The van der Waals surface area contributed by atoms with Gasteiger partial charge in [0.15, 0.2) is 0 Å². The van der Waals surface area contributed by atoms with Crippen molar-refractivity contribution < 1.29 is 24.3 Å². The molecule has 0 bridgehead atoms. The van der Waals surface area contributed by atoms with E-state index in [-0.39, 0.29) is 18.4 Å². The Kier molecular flexibility index (Phi) is 7.70. The number of aliphatic carboxylic acids is 1. The van der Waals surface area contributed by atoms with Crippen LogP contribution in [0.15, 0.2) is 30.5 Å². The highest BCUT2D eigenvalue weighted by Gasteiger charge is 2.36. The number of hydrogen-bond acceptors (Lipinski definition) is 5. The largest absolute Gasteiger partial charge is 0.480 e. The molecule has 0 spiro atoms. The van der Waals surface area contributed by atoms with E-state index >= 15 is 0 Å². The number of carboxylic acid groups (broad SMARTS) is 1. The van der Waals surface area contributed by atoms with Crippen LogP contribution in [0.4, 0.5) is 0 Å². The fourth-order valence-electron chi connectivity index (χ4n) is 4.16. The first kappa shape index (κ1) is 24.2. The van der Waals surface area contributed by atoms with Crippen LogP contribution < -0.4 is 16.4 Å². The van der Waals surface area contributed by atoms with Gasteiger partial charge in [-0.2, -0.15) is 0 Å². The van der Waals surface area contributed by atoms with Gasteiger partial charge < -0.3 is 31.4 Å². The van der Waals surface area contributed by atoms with Gasteiger partial charge in [0.05, 0.1) is 12.6 Å². The lowest BCUT2D eigenvalue weighted by molar-refractivity contribution is -0.143. The lowest BCUT2D eigenvalue weighted by Gasteiger charge is -2.26. The van der Waals surface area contributed by atoms with Crippen LogP contribution in [0, 0.1) is 5.92 Å². The van der Waals surface area contributed by atoms with Gasteiger partial charge in [-0.15, -0.1) is 0 Å². The predicted molar refractivity (Wildman–Crippen MR) is 122 cm³/mol. The first-order valence-electron chi connectivity index (χ1n) is 11.1. The first-order chi connectivity index (χ1) is 15.7. The van der Waals surface area contributed by atoms with Crippen molar-refractivity contribution in [2.45, 2.75) is 51.2 Å². The Bertz CT molecular complexity index is 1030. The van der Waals surface area contributed by atoms with Crippen molar-refractivity contribution in [1.29, 1.82) is 0 Å². The molecule has 33 heavy (non-hydrogen) atoms. The Hall–Kier alpha value is -3.40. The number of carbonyl (C=O) groups excluding carboxylic acids is 3. The highest BCUT2D eigenvalue weighted by molar-refractivity contribution is 5.93. The van der Waals surface area contributed by atoms with Gasteiger partial charge in [0, 0.05) is 23.6 Å². The molecular weight excluding hydrogens is 426 g/mol. The highest BCUT2D eigenvalue weighted by atomic mass is 16.4. The molecule has 10 nitrogen and oxygen atoms in total. The van der Waals surface area contributed by atoms with E-state index in [0.717, 1.165) is 16.5 Å². The summed E-state index contributed by atoms with van der Waals surface area (Å²) < 4.78 is 0. The van der Waals surface area contributed by atoms with Gasteiger partial charge in [0.2, 0.25) is 17.7 Å². The number of aromatic amines is 1. The van der Waals surface area contributed by atoms with E-state index in [0.29, 0.717) is 25.8 Å². The Morgan fingerprint density at radius 3 is 2.67 bits per heavy atom. The second-order valence-electron chi connectivity index (χ2n) is 8.71. The number of amides is 3. The van der Waals surface area contributed by atoms with Crippen molar-refractivity contribution in [2.75, 3.05) is 13.1 Å². The third-order valence-electron chi connectivity index (χ3n) is 5.94. The van der Waals surface area contributed by atoms with Crippen LogP contribution in [0.1, 0.15) is 32.3 Å². The Morgan fingerprint density at radius 2 is 1.97 bits per heavy atom. The first-order valence-corrected chi connectivity index (χ1v) is 11.1. The Labute approximate surface area is 191 Å². The maximum absolute atomic E-state index is 13.0. The van der Waals surface area contributed by atoms with Gasteiger partial charge in [-0.1, -0.05) is 32.0 Å². The molecule has 0 aliphatic carbocycles. The number of nitrogens with two attached hydrogens (primary N) is 1. The molecule has 1 aromatic heterocycles. The van der Waals surface area contributed by atoms with Crippen LogP contribution in [0.5, 0.6) is 0 Å². The molecule has 3 unspecified atom stereocenters. The summed E-state index contributed by atoms with van der Waals surface area (Å²) in [6.45, 7) is 3.41.